The Morgan fingerprint density at radius 3 is 2.32 bits per heavy atom. The summed E-state index contributed by atoms with van der Waals surface area (Å²) in [5, 5.41) is 0. The average Bonchev–Trinajstić information content (AvgIpc) is 2.70. The summed E-state index contributed by atoms with van der Waals surface area (Å²) in [5.41, 5.74) is 3.26. The van der Waals surface area contributed by atoms with Crippen molar-refractivity contribution in [2.75, 3.05) is 37.7 Å². The molecule has 0 N–H and O–H groups in total. The lowest BCUT2D eigenvalue weighted by Crippen LogP contribution is -2.48. The number of hydrogen-bond donors (Lipinski definition) is 0. The number of ether oxygens (including phenoxy) is 1. The van der Waals surface area contributed by atoms with E-state index in [0.29, 0.717) is 37.7 Å². The van der Waals surface area contributed by atoms with Gasteiger partial charge in [-0.2, -0.15) is 4.31 Å². The van der Waals surface area contributed by atoms with Crippen LogP contribution in [0.3, 0.4) is 0 Å². The van der Waals surface area contributed by atoms with Crippen molar-refractivity contribution < 1.29 is 13.2 Å². The molecule has 28 heavy (non-hydrogen) atoms. The first kappa shape index (κ1) is 20.7. The molecule has 1 aliphatic heterocycles. The minimum Gasteiger partial charge on any atom is -0.493 e. The SMILES string of the molecule is CCCCOc1ccc(S(=O)(=O)N2CCN(c3ccccc3C)CC2)cc1C. The van der Waals surface area contributed by atoms with E-state index in [4.69, 9.17) is 4.74 Å². The van der Waals surface area contributed by atoms with Crippen molar-refractivity contribution in [1.29, 1.82) is 0 Å². The molecule has 0 bridgehead atoms. The maximum absolute atomic E-state index is 13.1. The van der Waals surface area contributed by atoms with Crippen LogP contribution in [-0.2, 0) is 10.0 Å². The fourth-order valence-corrected chi connectivity index (χ4v) is 5.02. The Balaban J connectivity index is 1.68. The fourth-order valence-electron chi connectivity index (χ4n) is 3.51. The zero-order valence-electron chi connectivity index (χ0n) is 17.0. The topological polar surface area (TPSA) is 49.9 Å². The molecule has 5 nitrogen and oxygen atoms in total. The van der Waals surface area contributed by atoms with Crippen molar-refractivity contribution in [2.45, 2.75) is 38.5 Å². The van der Waals surface area contributed by atoms with Gasteiger partial charge in [0.05, 0.1) is 11.5 Å². The molecule has 0 aromatic heterocycles. The Morgan fingerprint density at radius 1 is 0.964 bits per heavy atom. The van der Waals surface area contributed by atoms with Gasteiger partial charge in [0.1, 0.15) is 5.75 Å². The number of aryl methyl sites for hydroxylation is 2. The lowest BCUT2D eigenvalue weighted by Gasteiger charge is -2.36. The summed E-state index contributed by atoms with van der Waals surface area (Å²) in [6.07, 6.45) is 2.06. The number of para-hydroxylation sites is 1. The van der Waals surface area contributed by atoms with Gasteiger partial charge in [-0.3, -0.25) is 0 Å². The van der Waals surface area contributed by atoms with E-state index in [2.05, 4.69) is 30.9 Å². The summed E-state index contributed by atoms with van der Waals surface area (Å²) in [4.78, 5) is 2.61. The van der Waals surface area contributed by atoms with Crippen LogP contribution in [0.25, 0.3) is 0 Å². The highest BCUT2D eigenvalue weighted by Crippen LogP contribution is 2.26. The molecule has 0 saturated carbocycles. The normalized spacial score (nSPS) is 15.6. The van der Waals surface area contributed by atoms with Crippen LogP contribution in [0, 0.1) is 13.8 Å². The summed E-state index contributed by atoms with van der Waals surface area (Å²) in [5.74, 6) is 0.761. The third-order valence-electron chi connectivity index (χ3n) is 5.23. The molecule has 2 aromatic rings. The minimum atomic E-state index is -3.49. The molecule has 152 valence electrons. The molecular weight excluding hydrogens is 372 g/mol. The van der Waals surface area contributed by atoms with Crippen LogP contribution in [0.15, 0.2) is 47.4 Å². The minimum absolute atomic E-state index is 0.345. The van der Waals surface area contributed by atoms with Crippen LogP contribution < -0.4 is 9.64 Å². The largest absolute Gasteiger partial charge is 0.493 e. The zero-order valence-corrected chi connectivity index (χ0v) is 17.8. The second kappa shape index (κ2) is 8.97. The predicted octanol–water partition coefficient (Wildman–Crippen LogP) is 3.99. The summed E-state index contributed by atoms with van der Waals surface area (Å²) in [7, 11) is -3.49. The van der Waals surface area contributed by atoms with E-state index in [9.17, 15) is 8.42 Å². The van der Waals surface area contributed by atoms with Gasteiger partial charge in [0.2, 0.25) is 10.0 Å². The van der Waals surface area contributed by atoms with Crippen LogP contribution in [0.1, 0.15) is 30.9 Å². The van der Waals surface area contributed by atoms with Gasteiger partial charge in [-0.25, -0.2) is 8.42 Å². The van der Waals surface area contributed by atoms with E-state index >= 15 is 0 Å². The first-order chi connectivity index (χ1) is 13.4. The van der Waals surface area contributed by atoms with Crippen molar-refractivity contribution in [1.82, 2.24) is 4.31 Å². The highest BCUT2D eigenvalue weighted by Gasteiger charge is 2.29. The van der Waals surface area contributed by atoms with Gasteiger partial charge in [-0.05, 0) is 55.7 Å². The molecule has 2 aromatic carbocycles. The molecule has 0 amide bonds. The Morgan fingerprint density at radius 2 is 1.68 bits per heavy atom. The van der Waals surface area contributed by atoms with E-state index in [1.54, 1.807) is 22.5 Å². The lowest BCUT2D eigenvalue weighted by molar-refractivity contribution is 0.307. The van der Waals surface area contributed by atoms with E-state index in [-0.39, 0.29) is 0 Å². The summed E-state index contributed by atoms with van der Waals surface area (Å²) in [6, 6.07) is 13.4. The monoisotopic (exact) mass is 402 g/mol. The molecule has 1 heterocycles. The molecule has 1 saturated heterocycles. The van der Waals surface area contributed by atoms with Gasteiger partial charge < -0.3 is 9.64 Å². The van der Waals surface area contributed by atoms with Gasteiger partial charge in [-0.1, -0.05) is 31.5 Å². The molecule has 0 radical (unpaired) electrons. The second-order valence-electron chi connectivity index (χ2n) is 7.31. The van der Waals surface area contributed by atoms with Gasteiger partial charge in [0, 0.05) is 31.9 Å². The summed E-state index contributed by atoms with van der Waals surface area (Å²) >= 11 is 0. The zero-order chi connectivity index (χ0) is 20.1. The third kappa shape index (κ3) is 4.50. The van der Waals surface area contributed by atoms with Crippen LogP contribution in [0.2, 0.25) is 0 Å². The van der Waals surface area contributed by atoms with Gasteiger partial charge in [-0.15, -0.1) is 0 Å². The predicted molar refractivity (Wildman–Crippen MR) is 114 cm³/mol. The Hall–Kier alpha value is -2.05. The van der Waals surface area contributed by atoms with Gasteiger partial charge in [0.25, 0.3) is 0 Å². The van der Waals surface area contributed by atoms with Crippen LogP contribution in [-0.4, -0.2) is 45.5 Å². The lowest BCUT2D eigenvalue weighted by atomic mass is 10.1. The molecule has 0 unspecified atom stereocenters. The van der Waals surface area contributed by atoms with Crippen molar-refractivity contribution in [3.63, 3.8) is 0 Å². The van der Waals surface area contributed by atoms with E-state index < -0.39 is 10.0 Å². The number of sulfonamides is 1. The average molecular weight is 403 g/mol. The first-order valence-corrected chi connectivity index (χ1v) is 11.4. The van der Waals surface area contributed by atoms with Gasteiger partial charge >= 0.3 is 0 Å². The van der Waals surface area contributed by atoms with Crippen molar-refractivity contribution in [2.24, 2.45) is 0 Å². The highest BCUT2D eigenvalue weighted by atomic mass is 32.2. The Kier molecular flexibility index (Phi) is 6.62. The maximum atomic E-state index is 13.1. The molecule has 0 aliphatic carbocycles. The van der Waals surface area contributed by atoms with Gasteiger partial charge in [0.15, 0.2) is 0 Å². The number of hydrogen-bond acceptors (Lipinski definition) is 4. The van der Waals surface area contributed by atoms with Crippen molar-refractivity contribution in [3.8, 4) is 5.75 Å². The van der Waals surface area contributed by atoms with Crippen molar-refractivity contribution >= 4 is 15.7 Å². The standard InChI is InChI=1S/C22H30N2O3S/c1-4-5-16-27-22-11-10-20(17-19(22)3)28(25,26)24-14-12-23(13-15-24)21-9-7-6-8-18(21)2/h6-11,17H,4-5,12-16H2,1-3H3. The van der Waals surface area contributed by atoms with Crippen LogP contribution in [0.4, 0.5) is 5.69 Å². The van der Waals surface area contributed by atoms with E-state index in [1.165, 1.54) is 11.3 Å². The first-order valence-electron chi connectivity index (χ1n) is 9.97. The number of nitrogens with zero attached hydrogens (tertiary/aromatic N) is 2. The maximum Gasteiger partial charge on any atom is 0.243 e. The van der Waals surface area contributed by atoms with E-state index in [0.717, 1.165) is 24.2 Å². The molecular formula is C22H30N2O3S. The Bertz CT molecular complexity index is 904. The number of rotatable bonds is 7. The Labute approximate surface area is 169 Å². The molecule has 6 heteroatoms. The molecule has 1 aliphatic rings. The number of piperazine rings is 1. The summed E-state index contributed by atoms with van der Waals surface area (Å²) in [6.45, 7) is 9.13. The second-order valence-corrected chi connectivity index (χ2v) is 9.24. The van der Waals surface area contributed by atoms with E-state index in [1.807, 2.05) is 19.1 Å². The van der Waals surface area contributed by atoms with Crippen LogP contribution >= 0.6 is 0 Å². The number of anilines is 1. The molecule has 0 spiro atoms. The number of benzene rings is 2. The molecule has 3 rings (SSSR count). The van der Waals surface area contributed by atoms with Crippen molar-refractivity contribution in [3.05, 3.63) is 53.6 Å². The summed E-state index contributed by atoms with van der Waals surface area (Å²) < 4.78 is 33.5. The molecule has 1 fully saturated rings. The fraction of sp³-hybridized carbons (Fsp3) is 0.455. The smallest absolute Gasteiger partial charge is 0.243 e. The van der Waals surface area contributed by atoms with Crippen LogP contribution in [0.5, 0.6) is 5.75 Å². The molecule has 0 atom stereocenters. The highest BCUT2D eigenvalue weighted by molar-refractivity contribution is 7.89. The third-order valence-corrected chi connectivity index (χ3v) is 7.13. The number of unbranched alkanes of at least 4 members (excludes halogenated alkanes) is 1. The quantitative estimate of drug-likeness (QED) is 0.657.